The van der Waals surface area contributed by atoms with Gasteiger partial charge >= 0.3 is 0 Å². The third-order valence-corrected chi connectivity index (χ3v) is 7.20. The predicted molar refractivity (Wildman–Crippen MR) is 115 cm³/mol. The second-order valence-corrected chi connectivity index (χ2v) is 9.37. The Morgan fingerprint density at radius 3 is 2.61 bits per heavy atom. The van der Waals surface area contributed by atoms with Crippen molar-refractivity contribution in [1.82, 2.24) is 10.2 Å². The molecule has 1 aliphatic carbocycles. The zero-order chi connectivity index (χ0) is 21.6. The highest BCUT2D eigenvalue weighted by Crippen LogP contribution is 2.35. The van der Waals surface area contributed by atoms with E-state index in [0.717, 1.165) is 30.4 Å². The van der Waals surface area contributed by atoms with Crippen LogP contribution < -0.4 is 19.8 Å². The normalized spacial score (nSPS) is 14.9. The number of nitrogens with one attached hydrogen (secondary N) is 2. The highest BCUT2D eigenvalue weighted by Gasteiger charge is 2.23. The van der Waals surface area contributed by atoms with E-state index in [1.165, 1.54) is 0 Å². The summed E-state index contributed by atoms with van der Waals surface area (Å²) in [6.45, 7) is 1.86. The van der Waals surface area contributed by atoms with Crippen LogP contribution in [0.3, 0.4) is 0 Å². The molecular weight excluding hydrogens is 418 g/mol. The molecule has 0 spiro atoms. The fourth-order valence-corrected chi connectivity index (χ4v) is 5.43. The number of rotatable bonds is 4. The highest BCUT2D eigenvalue weighted by atomic mass is 32.2. The van der Waals surface area contributed by atoms with Crippen LogP contribution in [0.25, 0.3) is 11.3 Å². The summed E-state index contributed by atoms with van der Waals surface area (Å²) in [4.78, 5) is 12.3. The molecule has 5 rings (SSSR count). The summed E-state index contributed by atoms with van der Waals surface area (Å²) >= 11 is 0. The summed E-state index contributed by atoms with van der Waals surface area (Å²) in [6, 6.07) is 10.1. The van der Waals surface area contributed by atoms with Crippen LogP contribution in [-0.2, 0) is 22.9 Å². The average Bonchev–Trinajstić information content (AvgIpc) is 3.22. The molecule has 0 bridgehead atoms. The zero-order valence-corrected chi connectivity index (χ0v) is 17.7. The van der Waals surface area contributed by atoms with Gasteiger partial charge in [-0.2, -0.15) is 5.10 Å². The van der Waals surface area contributed by atoms with Crippen molar-refractivity contribution < 1.29 is 17.9 Å². The molecule has 1 aliphatic heterocycles. The fraction of sp³-hybridized carbons (Fsp3) is 0.273. The topological polar surface area (TPSA) is 110 Å². The van der Waals surface area contributed by atoms with Gasteiger partial charge in [0, 0.05) is 17.2 Å². The largest absolute Gasteiger partial charge is 0.454 e. The molecule has 1 aromatic heterocycles. The van der Waals surface area contributed by atoms with Gasteiger partial charge in [0.1, 0.15) is 0 Å². The Balaban J connectivity index is 1.54. The maximum Gasteiger partial charge on any atom is 0.267 e. The number of H-pyrrole nitrogens is 1. The number of benzene rings is 2. The predicted octanol–water partition coefficient (Wildman–Crippen LogP) is 3.15. The van der Waals surface area contributed by atoms with Gasteiger partial charge in [-0.25, -0.2) is 13.5 Å². The quantitative estimate of drug-likeness (QED) is 0.646. The van der Waals surface area contributed by atoms with Crippen LogP contribution in [0.1, 0.15) is 29.5 Å². The Bertz CT molecular complexity index is 1350. The number of anilines is 1. The van der Waals surface area contributed by atoms with Crippen LogP contribution in [-0.4, -0.2) is 25.4 Å². The molecule has 2 N–H and O–H groups in total. The van der Waals surface area contributed by atoms with Crippen molar-refractivity contribution in [2.45, 2.75) is 37.5 Å². The van der Waals surface area contributed by atoms with Crippen LogP contribution in [0.5, 0.6) is 11.5 Å². The fourth-order valence-electron chi connectivity index (χ4n) is 4.10. The molecule has 0 atom stereocenters. The minimum atomic E-state index is -3.87. The van der Waals surface area contributed by atoms with Crippen molar-refractivity contribution in [2.75, 3.05) is 11.5 Å². The number of ether oxygens (including phenoxy) is 2. The highest BCUT2D eigenvalue weighted by molar-refractivity contribution is 7.92. The van der Waals surface area contributed by atoms with E-state index < -0.39 is 10.0 Å². The van der Waals surface area contributed by atoms with E-state index in [9.17, 15) is 13.2 Å². The van der Waals surface area contributed by atoms with Gasteiger partial charge in [0.25, 0.3) is 15.6 Å². The number of sulfonamides is 1. The molecule has 2 aromatic carbocycles. The Hall–Kier alpha value is -3.33. The maximum absolute atomic E-state index is 13.2. The third kappa shape index (κ3) is 3.54. The van der Waals surface area contributed by atoms with Crippen molar-refractivity contribution in [3.8, 4) is 22.8 Å². The molecule has 0 radical (unpaired) electrons. The summed E-state index contributed by atoms with van der Waals surface area (Å²) < 4.78 is 39.6. The molecule has 2 aliphatic rings. The van der Waals surface area contributed by atoms with Gasteiger partial charge in [-0.15, -0.1) is 0 Å². The van der Waals surface area contributed by atoms with Gasteiger partial charge in [-0.1, -0.05) is 12.1 Å². The minimum absolute atomic E-state index is 0.114. The van der Waals surface area contributed by atoms with Gasteiger partial charge in [-0.3, -0.25) is 9.52 Å². The van der Waals surface area contributed by atoms with E-state index in [2.05, 4.69) is 14.9 Å². The first-order chi connectivity index (χ1) is 14.9. The molecule has 0 saturated carbocycles. The Labute approximate surface area is 179 Å². The number of nitrogens with zero attached hydrogens (tertiary/aromatic N) is 1. The van der Waals surface area contributed by atoms with Crippen molar-refractivity contribution in [3.63, 3.8) is 0 Å². The monoisotopic (exact) mass is 439 g/mol. The van der Waals surface area contributed by atoms with Gasteiger partial charge in [0.2, 0.25) is 6.79 Å². The molecule has 0 saturated heterocycles. The van der Waals surface area contributed by atoms with E-state index in [4.69, 9.17) is 9.47 Å². The lowest BCUT2D eigenvalue weighted by molar-refractivity contribution is 0.174. The van der Waals surface area contributed by atoms with Crippen LogP contribution in [0.15, 0.2) is 46.1 Å². The Kier molecular flexibility index (Phi) is 4.70. The summed E-state index contributed by atoms with van der Waals surface area (Å²) in [6.07, 6.45) is 3.41. The van der Waals surface area contributed by atoms with E-state index >= 15 is 0 Å². The van der Waals surface area contributed by atoms with Gasteiger partial charge < -0.3 is 9.47 Å². The van der Waals surface area contributed by atoms with E-state index in [1.54, 1.807) is 37.3 Å². The first-order valence-electron chi connectivity index (χ1n) is 10.1. The zero-order valence-electron chi connectivity index (χ0n) is 16.9. The molecule has 2 heterocycles. The second kappa shape index (κ2) is 7.42. The van der Waals surface area contributed by atoms with Crippen molar-refractivity contribution >= 4 is 15.7 Å². The van der Waals surface area contributed by atoms with Crippen molar-refractivity contribution in [3.05, 3.63) is 63.4 Å². The number of aromatic amines is 1. The SMILES string of the molecule is Cc1ccc(-c2n[nH]c(=O)c3c2CCCC3)cc1S(=O)(=O)Nc1ccc2c(c1)OCO2. The first kappa shape index (κ1) is 19.6. The number of hydrogen-bond acceptors (Lipinski definition) is 6. The molecule has 160 valence electrons. The van der Waals surface area contributed by atoms with Crippen LogP contribution in [0, 0.1) is 6.92 Å². The lowest BCUT2D eigenvalue weighted by Gasteiger charge is -2.18. The molecule has 31 heavy (non-hydrogen) atoms. The van der Waals surface area contributed by atoms with Crippen LogP contribution in [0.4, 0.5) is 5.69 Å². The summed E-state index contributed by atoms with van der Waals surface area (Å²) in [5, 5.41) is 6.82. The van der Waals surface area contributed by atoms with E-state index in [1.807, 2.05) is 6.07 Å². The summed E-state index contributed by atoms with van der Waals surface area (Å²) in [5.74, 6) is 1.07. The Morgan fingerprint density at radius 2 is 1.77 bits per heavy atom. The van der Waals surface area contributed by atoms with Gasteiger partial charge in [0.15, 0.2) is 11.5 Å². The molecule has 3 aromatic rings. The molecule has 9 heteroatoms. The molecule has 0 fully saturated rings. The van der Waals surface area contributed by atoms with Crippen LogP contribution in [0.2, 0.25) is 0 Å². The molecule has 8 nitrogen and oxygen atoms in total. The number of aromatic nitrogens is 2. The van der Waals surface area contributed by atoms with Crippen LogP contribution >= 0.6 is 0 Å². The summed E-state index contributed by atoms with van der Waals surface area (Å²) in [7, 11) is -3.87. The molecule has 0 unspecified atom stereocenters. The lowest BCUT2D eigenvalue weighted by Crippen LogP contribution is -2.21. The molecular formula is C22H21N3O5S. The maximum atomic E-state index is 13.2. The third-order valence-electron chi connectivity index (χ3n) is 5.67. The number of fused-ring (bicyclic) bond motifs is 2. The van der Waals surface area contributed by atoms with Gasteiger partial charge in [0.05, 0.1) is 16.3 Å². The first-order valence-corrected chi connectivity index (χ1v) is 11.5. The van der Waals surface area contributed by atoms with Gasteiger partial charge in [-0.05, 0) is 61.9 Å². The van der Waals surface area contributed by atoms with Crippen molar-refractivity contribution in [2.24, 2.45) is 0 Å². The van der Waals surface area contributed by atoms with E-state index in [0.29, 0.717) is 40.4 Å². The minimum Gasteiger partial charge on any atom is -0.454 e. The van der Waals surface area contributed by atoms with E-state index in [-0.39, 0.29) is 17.2 Å². The number of aryl methyl sites for hydroxylation is 1. The Morgan fingerprint density at radius 1 is 1.00 bits per heavy atom. The standard InChI is InChI=1S/C22H21N3O5S/c1-13-6-7-14(21-16-4-2-3-5-17(16)22(26)24-23-21)10-20(13)31(27,28)25-15-8-9-18-19(11-15)30-12-29-18/h6-11,25H,2-5,12H2,1H3,(H,24,26). The molecule has 0 amide bonds. The average molecular weight is 439 g/mol. The van der Waals surface area contributed by atoms with Crippen molar-refractivity contribution in [1.29, 1.82) is 0 Å². The summed E-state index contributed by atoms with van der Waals surface area (Å²) in [5.41, 5.74) is 3.78. The lowest BCUT2D eigenvalue weighted by atomic mass is 9.90. The second-order valence-electron chi connectivity index (χ2n) is 7.72. The number of hydrogen-bond donors (Lipinski definition) is 2. The smallest absolute Gasteiger partial charge is 0.267 e.